The molecule has 0 unspecified atom stereocenters. The van der Waals surface area contributed by atoms with E-state index in [1.807, 2.05) is 0 Å². The van der Waals surface area contributed by atoms with Crippen molar-refractivity contribution in [3.8, 4) is 5.69 Å². The van der Waals surface area contributed by atoms with Crippen molar-refractivity contribution in [2.24, 2.45) is 0 Å². The van der Waals surface area contributed by atoms with Crippen molar-refractivity contribution in [2.75, 3.05) is 0 Å². The zero-order chi connectivity index (χ0) is 17.9. The topological polar surface area (TPSA) is 101 Å². The Hall–Kier alpha value is -3.37. The van der Waals surface area contributed by atoms with Crippen molar-refractivity contribution in [1.82, 2.24) is 29.1 Å². The maximum atomic E-state index is 13.5. The fourth-order valence-corrected chi connectivity index (χ4v) is 2.71. The summed E-state index contributed by atoms with van der Waals surface area (Å²) in [5, 5.41) is 5.70. The van der Waals surface area contributed by atoms with Crippen LogP contribution in [-0.4, -0.2) is 29.1 Å². The van der Waals surface area contributed by atoms with Crippen LogP contribution in [-0.2, 0) is 6.18 Å². The molecule has 4 rings (SSSR count). The molecule has 0 saturated carbocycles. The Morgan fingerprint density at radius 2 is 1.96 bits per heavy atom. The number of rotatable bonds is 1. The van der Waals surface area contributed by atoms with Crippen molar-refractivity contribution in [2.45, 2.75) is 13.1 Å². The van der Waals surface area contributed by atoms with E-state index in [2.05, 4.69) is 20.2 Å². The highest BCUT2D eigenvalue weighted by Gasteiger charge is 2.35. The molecule has 3 heterocycles. The van der Waals surface area contributed by atoms with Gasteiger partial charge in [0.15, 0.2) is 0 Å². The first kappa shape index (κ1) is 15.2. The molecule has 1 aromatic carbocycles. The smallest absolute Gasteiger partial charge is 0.317 e. The van der Waals surface area contributed by atoms with Crippen LogP contribution in [0.5, 0.6) is 0 Å². The molecule has 0 bridgehead atoms. The van der Waals surface area contributed by atoms with Crippen molar-refractivity contribution in [1.29, 1.82) is 0 Å². The Kier molecular flexibility index (Phi) is 2.92. The third-order valence-corrected chi connectivity index (χ3v) is 3.77. The molecule has 0 spiro atoms. The molecule has 0 atom stereocenters. The third-order valence-electron chi connectivity index (χ3n) is 3.77. The summed E-state index contributed by atoms with van der Waals surface area (Å²) >= 11 is 0. The summed E-state index contributed by atoms with van der Waals surface area (Å²) < 4.78 is 42.6. The zero-order valence-corrected chi connectivity index (χ0v) is 12.5. The lowest BCUT2D eigenvalue weighted by atomic mass is 10.1. The van der Waals surface area contributed by atoms with E-state index in [0.717, 1.165) is 10.5 Å². The average molecular weight is 350 g/mol. The van der Waals surface area contributed by atoms with Gasteiger partial charge in [-0.2, -0.15) is 13.2 Å². The van der Waals surface area contributed by atoms with Crippen molar-refractivity contribution in [3.63, 3.8) is 0 Å². The Morgan fingerprint density at radius 1 is 1.20 bits per heavy atom. The molecule has 2 N–H and O–H groups in total. The van der Waals surface area contributed by atoms with Gasteiger partial charge in [-0.15, -0.1) is 5.10 Å². The quantitative estimate of drug-likeness (QED) is 0.541. The van der Waals surface area contributed by atoms with Crippen molar-refractivity contribution >= 4 is 16.7 Å². The van der Waals surface area contributed by atoms with E-state index >= 15 is 0 Å². The average Bonchev–Trinajstić information content (AvgIpc) is 3.12. The van der Waals surface area contributed by atoms with Gasteiger partial charge >= 0.3 is 11.9 Å². The number of H-pyrrole nitrogens is 2. The van der Waals surface area contributed by atoms with Gasteiger partial charge < -0.3 is 9.55 Å². The van der Waals surface area contributed by atoms with E-state index < -0.39 is 23.0 Å². The second kappa shape index (κ2) is 4.82. The van der Waals surface area contributed by atoms with Crippen LogP contribution >= 0.6 is 0 Å². The van der Waals surface area contributed by atoms with E-state index in [-0.39, 0.29) is 22.4 Å². The minimum Gasteiger partial charge on any atom is -0.317 e. The first-order valence-corrected chi connectivity index (χ1v) is 7.01. The van der Waals surface area contributed by atoms with Gasteiger partial charge in [0, 0.05) is 6.20 Å². The third kappa shape index (κ3) is 2.23. The molecule has 0 amide bonds. The summed E-state index contributed by atoms with van der Waals surface area (Å²) in [5.74, 6) is 0. The lowest BCUT2D eigenvalue weighted by molar-refractivity contribution is -0.137. The molecule has 0 aliphatic heterocycles. The highest BCUT2D eigenvalue weighted by molar-refractivity contribution is 5.81. The van der Waals surface area contributed by atoms with Crippen LogP contribution in [0.15, 0.2) is 34.2 Å². The number of hydrogen-bond donors (Lipinski definition) is 2. The number of alkyl halides is 3. The minimum atomic E-state index is -4.67. The second-order valence-electron chi connectivity index (χ2n) is 5.45. The monoisotopic (exact) mass is 350 g/mol. The molecule has 8 nitrogen and oxygen atoms in total. The van der Waals surface area contributed by atoms with Gasteiger partial charge in [-0.1, -0.05) is 0 Å². The van der Waals surface area contributed by atoms with Crippen LogP contribution in [0.1, 0.15) is 11.3 Å². The maximum Gasteiger partial charge on any atom is 0.418 e. The van der Waals surface area contributed by atoms with Crippen LogP contribution < -0.4 is 11.2 Å². The Morgan fingerprint density at radius 3 is 2.60 bits per heavy atom. The summed E-state index contributed by atoms with van der Waals surface area (Å²) in [5.41, 5.74) is -2.43. The van der Waals surface area contributed by atoms with E-state index in [1.54, 1.807) is 6.92 Å². The number of fused-ring (bicyclic) bond motifs is 3. The van der Waals surface area contributed by atoms with Crippen LogP contribution in [0.2, 0.25) is 0 Å². The molecule has 0 fully saturated rings. The molecule has 11 heteroatoms. The molecular formula is C14H9F3N6O2. The van der Waals surface area contributed by atoms with Gasteiger partial charge in [-0.3, -0.25) is 4.79 Å². The Balaban J connectivity index is 2.20. The molecule has 0 aliphatic carbocycles. The molecule has 128 valence electrons. The minimum absolute atomic E-state index is 0.0858. The highest BCUT2D eigenvalue weighted by Crippen LogP contribution is 2.35. The molecule has 25 heavy (non-hydrogen) atoms. The van der Waals surface area contributed by atoms with Gasteiger partial charge in [-0.25, -0.2) is 19.3 Å². The van der Waals surface area contributed by atoms with E-state index in [0.29, 0.717) is 5.69 Å². The number of imidazole rings is 1. The molecule has 3 aromatic heterocycles. The maximum absolute atomic E-state index is 13.5. The van der Waals surface area contributed by atoms with Crippen LogP contribution in [0.25, 0.3) is 22.4 Å². The summed E-state index contributed by atoms with van der Waals surface area (Å²) in [6, 6.07) is 1.96. The van der Waals surface area contributed by atoms with Gasteiger partial charge in [0.25, 0.3) is 5.56 Å². The fourth-order valence-electron chi connectivity index (χ4n) is 2.71. The van der Waals surface area contributed by atoms with E-state index in [9.17, 15) is 22.8 Å². The van der Waals surface area contributed by atoms with Crippen LogP contribution in [0.3, 0.4) is 0 Å². The normalized spacial score (nSPS) is 12.3. The van der Waals surface area contributed by atoms with Crippen molar-refractivity contribution < 1.29 is 13.2 Å². The molecule has 0 radical (unpaired) electrons. The zero-order valence-electron chi connectivity index (χ0n) is 12.5. The first-order chi connectivity index (χ1) is 11.8. The van der Waals surface area contributed by atoms with E-state index in [1.165, 1.54) is 23.2 Å². The number of aromatic nitrogens is 6. The van der Waals surface area contributed by atoms with Crippen LogP contribution in [0.4, 0.5) is 13.2 Å². The predicted octanol–water partition coefficient (Wildman–Crippen LogP) is 1.38. The van der Waals surface area contributed by atoms with Gasteiger partial charge in [0.05, 0.1) is 34.3 Å². The lowest BCUT2D eigenvalue weighted by Gasteiger charge is -2.15. The van der Waals surface area contributed by atoms with Gasteiger partial charge in [0.1, 0.15) is 0 Å². The number of nitrogens with one attached hydrogen (secondary N) is 2. The summed E-state index contributed by atoms with van der Waals surface area (Å²) in [4.78, 5) is 30.1. The Labute approximate surface area is 135 Å². The predicted molar refractivity (Wildman–Crippen MR) is 80.8 cm³/mol. The van der Waals surface area contributed by atoms with Gasteiger partial charge in [0.2, 0.25) is 5.65 Å². The number of aromatic amines is 2. The number of halogens is 3. The molecule has 0 aliphatic rings. The highest BCUT2D eigenvalue weighted by atomic mass is 19.4. The summed E-state index contributed by atoms with van der Waals surface area (Å²) in [6.45, 7) is 1.64. The van der Waals surface area contributed by atoms with Crippen molar-refractivity contribution in [3.05, 3.63) is 56.8 Å². The molecule has 4 aromatic rings. The van der Waals surface area contributed by atoms with Crippen LogP contribution in [0, 0.1) is 6.92 Å². The number of aryl methyl sites for hydroxylation is 1. The summed E-state index contributed by atoms with van der Waals surface area (Å²) in [6.07, 6.45) is -2.00. The SMILES string of the molecule is Cc1cn(-c2cc3c(cc2C(F)(F)F)[nH]c(=O)c2n[nH]c(=O)n23)cn1. The lowest BCUT2D eigenvalue weighted by Crippen LogP contribution is -2.19. The molecule has 0 saturated heterocycles. The summed E-state index contributed by atoms with van der Waals surface area (Å²) in [7, 11) is 0. The first-order valence-electron chi connectivity index (χ1n) is 7.01. The van der Waals surface area contributed by atoms with E-state index in [4.69, 9.17) is 0 Å². The van der Waals surface area contributed by atoms with Gasteiger partial charge in [-0.05, 0) is 19.1 Å². The second-order valence-corrected chi connectivity index (χ2v) is 5.45. The number of nitrogens with zero attached hydrogens (tertiary/aromatic N) is 4. The fraction of sp³-hybridized carbons (Fsp3) is 0.143. The Bertz CT molecular complexity index is 1240. The largest absolute Gasteiger partial charge is 0.418 e. The number of benzene rings is 1. The standard InChI is InChI=1S/C14H9F3N6O2/c1-6-4-22(5-18-6)9-3-10-8(2-7(9)14(15,16)17)19-12(24)11-20-21-13(25)23(10)11/h2-5H,1H3,(H,19,24)(H,21,25). The number of hydrogen-bond acceptors (Lipinski definition) is 4. The molecular weight excluding hydrogens is 341 g/mol.